The minimum atomic E-state index is -0.293. The van der Waals surface area contributed by atoms with E-state index in [9.17, 15) is 10.2 Å². The minimum Gasteiger partial charge on any atom is -0.504 e. The zero-order valence-electron chi connectivity index (χ0n) is 9.07. The van der Waals surface area contributed by atoms with E-state index in [2.05, 4.69) is 12.3 Å². The van der Waals surface area contributed by atoms with E-state index in [1.54, 1.807) is 0 Å². The molecule has 0 saturated heterocycles. The second kappa shape index (κ2) is 4.51. The lowest BCUT2D eigenvalue weighted by atomic mass is 10.1. The molecule has 0 atom stereocenters. The van der Waals surface area contributed by atoms with Crippen LogP contribution in [0.25, 0.3) is 6.08 Å². The monoisotopic (exact) mass is 223 g/mol. The van der Waals surface area contributed by atoms with Crippen LogP contribution in [0.3, 0.4) is 0 Å². The van der Waals surface area contributed by atoms with E-state index < -0.39 is 0 Å². The van der Waals surface area contributed by atoms with Crippen molar-refractivity contribution in [3.05, 3.63) is 17.9 Å². The Hall–Kier alpha value is -2.26. The Morgan fingerprint density at radius 2 is 1.69 bits per heavy atom. The van der Waals surface area contributed by atoms with Crippen molar-refractivity contribution < 1.29 is 19.7 Å². The second-order valence-corrected chi connectivity index (χ2v) is 2.94. The fraction of sp³-hybridized carbons (Fsp3) is 0.182. The Morgan fingerprint density at radius 3 is 2.12 bits per heavy atom. The van der Waals surface area contributed by atoms with Crippen LogP contribution in [0.2, 0.25) is 0 Å². The summed E-state index contributed by atoms with van der Waals surface area (Å²) < 4.78 is 9.83. The van der Waals surface area contributed by atoms with Gasteiger partial charge >= 0.3 is 0 Å². The highest BCUT2D eigenvalue weighted by Gasteiger charge is 2.22. The highest BCUT2D eigenvalue weighted by atomic mass is 16.5. The van der Waals surface area contributed by atoms with Gasteiger partial charge in [0.25, 0.3) is 0 Å². The molecule has 0 fully saturated rings. The van der Waals surface area contributed by atoms with E-state index >= 15 is 0 Å². The molecule has 0 aliphatic heterocycles. The number of anilines is 1. The molecule has 4 N–H and O–H groups in total. The third kappa shape index (κ3) is 1.64. The zero-order valence-corrected chi connectivity index (χ0v) is 9.07. The van der Waals surface area contributed by atoms with Crippen molar-refractivity contribution in [2.24, 2.45) is 0 Å². The molecule has 1 aromatic rings. The number of phenols is 2. The van der Waals surface area contributed by atoms with Crippen LogP contribution >= 0.6 is 0 Å². The van der Waals surface area contributed by atoms with Crippen molar-refractivity contribution in [3.8, 4) is 23.0 Å². The fourth-order valence-corrected chi connectivity index (χ4v) is 1.34. The smallest absolute Gasteiger partial charge is 0.209 e. The molecular formula is C11H13NO4. The lowest BCUT2D eigenvalue weighted by Crippen LogP contribution is -1.98. The van der Waals surface area contributed by atoms with Crippen molar-refractivity contribution in [2.45, 2.75) is 0 Å². The summed E-state index contributed by atoms with van der Waals surface area (Å²) >= 11 is 0. The maximum absolute atomic E-state index is 9.84. The van der Waals surface area contributed by atoms with Gasteiger partial charge < -0.3 is 25.4 Å². The first-order valence-electron chi connectivity index (χ1n) is 4.39. The van der Waals surface area contributed by atoms with Crippen LogP contribution in [0, 0.1) is 0 Å². The highest BCUT2D eigenvalue weighted by molar-refractivity contribution is 5.82. The maximum Gasteiger partial charge on any atom is 0.209 e. The third-order valence-electron chi connectivity index (χ3n) is 2.09. The number of hydrogen-bond acceptors (Lipinski definition) is 5. The number of nitrogen functional groups attached to an aromatic ring is 1. The molecule has 0 radical (unpaired) electrons. The average Bonchev–Trinajstić information content (AvgIpc) is 2.29. The number of rotatable bonds is 3. The molecule has 0 unspecified atom stereocenters. The van der Waals surface area contributed by atoms with Crippen molar-refractivity contribution in [2.75, 3.05) is 20.0 Å². The number of methoxy groups -OCH3 is 2. The molecule has 5 nitrogen and oxygen atoms in total. The van der Waals surface area contributed by atoms with Gasteiger partial charge in [0.1, 0.15) is 0 Å². The summed E-state index contributed by atoms with van der Waals surface area (Å²) in [6, 6.07) is 0. The van der Waals surface area contributed by atoms with Gasteiger partial charge in [0, 0.05) is 0 Å². The SMILES string of the molecule is C=C=Cc1c(N)c(O)c(OC)c(OC)c1O. The fourth-order valence-electron chi connectivity index (χ4n) is 1.34. The molecule has 5 heteroatoms. The molecule has 0 aliphatic carbocycles. The second-order valence-electron chi connectivity index (χ2n) is 2.94. The van der Waals surface area contributed by atoms with Crippen LogP contribution in [0.15, 0.2) is 12.3 Å². The molecule has 0 aromatic heterocycles. The predicted molar refractivity (Wildman–Crippen MR) is 60.9 cm³/mol. The summed E-state index contributed by atoms with van der Waals surface area (Å²) in [5.74, 6) is -0.529. The molecule has 16 heavy (non-hydrogen) atoms. The zero-order chi connectivity index (χ0) is 12.3. The van der Waals surface area contributed by atoms with E-state index in [0.717, 1.165) is 0 Å². The standard InChI is InChI=1S/C11H13NO4/c1-4-5-6-7(12)9(14)11(16-3)10(15-2)8(6)13/h5,13-14H,1,12H2,2-3H3. The largest absolute Gasteiger partial charge is 0.504 e. The maximum atomic E-state index is 9.84. The first-order valence-corrected chi connectivity index (χ1v) is 4.39. The molecule has 1 rings (SSSR count). The molecule has 0 saturated carbocycles. The predicted octanol–water partition coefficient (Wildman–Crippen LogP) is 1.50. The number of nitrogens with two attached hydrogens (primary N) is 1. The van der Waals surface area contributed by atoms with E-state index in [4.69, 9.17) is 15.2 Å². The Kier molecular flexibility index (Phi) is 3.33. The lowest BCUT2D eigenvalue weighted by molar-refractivity contribution is 0.317. The van der Waals surface area contributed by atoms with Gasteiger partial charge in [-0.3, -0.25) is 0 Å². The lowest BCUT2D eigenvalue weighted by Gasteiger charge is -2.15. The van der Waals surface area contributed by atoms with Gasteiger partial charge in [-0.25, -0.2) is 0 Å². The molecule has 0 amide bonds. The molecule has 0 spiro atoms. The van der Waals surface area contributed by atoms with Crippen LogP contribution in [-0.4, -0.2) is 24.4 Å². The molecule has 1 aromatic carbocycles. The van der Waals surface area contributed by atoms with Crippen LogP contribution in [-0.2, 0) is 0 Å². The van der Waals surface area contributed by atoms with Crippen LogP contribution in [0.4, 0.5) is 5.69 Å². The summed E-state index contributed by atoms with van der Waals surface area (Å²) in [6.07, 6.45) is 1.34. The van der Waals surface area contributed by atoms with E-state index in [1.807, 2.05) is 0 Å². The molecular weight excluding hydrogens is 210 g/mol. The first kappa shape index (κ1) is 11.8. The Balaban J connectivity index is 3.68. The Labute approximate surface area is 93.0 Å². The molecule has 86 valence electrons. The van der Waals surface area contributed by atoms with E-state index in [-0.39, 0.29) is 34.2 Å². The first-order chi connectivity index (χ1) is 7.58. The van der Waals surface area contributed by atoms with Gasteiger partial charge in [0.15, 0.2) is 11.5 Å². The summed E-state index contributed by atoms with van der Waals surface area (Å²) in [6.45, 7) is 3.37. The van der Waals surface area contributed by atoms with E-state index in [0.29, 0.717) is 0 Å². The third-order valence-corrected chi connectivity index (χ3v) is 2.09. The van der Waals surface area contributed by atoms with Gasteiger partial charge in [0.05, 0.1) is 25.5 Å². The normalized spacial score (nSPS) is 9.38. The quantitative estimate of drug-likeness (QED) is 0.313. The van der Waals surface area contributed by atoms with Crippen molar-refractivity contribution in [1.82, 2.24) is 0 Å². The van der Waals surface area contributed by atoms with Crippen LogP contribution in [0.1, 0.15) is 5.56 Å². The summed E-state index contributed by atoms with van der Waals surface area (Å²) in [5.41, 5.74) is 8.25. The number of hydrogen-bond donors (Lipinski definition) is 3. The van der Waals surface area contributed by atoms with Gasteiger partial charge in [-0.1, -0.05) is 6.58 Å². The van der Waals surface area contributed by atoms with Crippen molar-refractivity contribution in [1.29, 1.82) is 0 Å². The number of phenolic OH excluding ortho intramolecular Hbond substituents is 2. The van der Waals surface area contributed by atoms with E-state index in [1.165, 1.54) is 20.3 Å². The van der Waals surface area contributed by atoms with Gasteiger partial charge in [0.2, 0.25) is 11.5 Å². The van der Waals surface area contributed by atoms with Gasteiger partial charge in [-0.15, -0.1) is 5.73 Å². The summed E-state index contributed by atoms with van der Waals surface area (Å²) in [5, 5.41) is 19.6. The molecule has 0 aliphatic rings. The van der Waals surface area contributed by atoms with Crippen molar-refractivity contribution >= 4 is 11.8 Å². The Morgan fingerprint density at radius 1 is 1.19 bits per heavy atom. The van der Waals surface area contributed by atoms with Gasteiger partial charge in [-0.2, -0.15) is 0 Å². The highest BCUT2D eigenvalue weighted by Crippen LogP contribution is 2.50. The number of ether oxygens (including phenoxy) is 2. The number of aromatic hydroxyl groups is 2. The minimum absolute atomic E-state index is 0.00991. The van der Waals surface area contributed by atoms with Crippen LogP contribution in [0.5, 0.6) is 23.0 Å². The van der Waals surface area contributed by atoms with Gasteiger partial charge in [-0.05, 0) is 6.08 Å². The average molecular weight is 223 g/mol. The number of benzene rings is 1. The Bertz CT molecular complexity index is 462. The molecule has 0 bridgehead atoms. The summed E-state index contributed by atoms with van der Waals surface area (Å²) in [4.78, 5) is 0. The molecule has 0 heterocycles. The topological polar surface area (TPSA) is 84.9 Å². The van der Waals surface area contributed by atoms with Crippen LogP contribution < -0.4 is 15.2 Å². The summed E-state index contributed by atoms with van der Waals surface area (Å²) in [7, 11) is 2.67. The van der Waals surface area contributed by atoms with Crippen molar-refractivity contribution in [3.63, 3.8) is 0 Å².